The average molecular weight is 365 g/mol. The van der Waals surface area contributed by atoms with E-state index in [9.17, 15) is 23.1 Å². The van der Waals surface area contributed by atoms with Gasteiger partial charge >= 0.3 is 6.18 Å². The highest BCUT2D eigenvalue weighted by Crippen LogP contribution is 2.43. The first-order chi connectivity index (χ1) is 12.3. The molecule has 0 spiro atoms. The van der Waals surface area contributed by atoms with E-state index in [1.54, 1.807) is 6.08 Å². The van der Waals surface area contributed by atoms with Crippen LogP contribution in [-0.4, -0.2) is 21.6 Å². The van der Waals surface area contributed by atoms with Crippen molar-refractivity contribution >= 4 is 5.91 Å². The van der Waals surface area contributed by atoms with Gasteiger partial charge in [-0.2, -0.15) is 13.2 Å². The number of aliphatic hydroxyl groups is 1. The summed E-state index contributed by atoms with van der Waals surface area (Å²) in [4.78, 5) is 14.2. The van der Waals surface area contributed by atoms with Crippen LogP contribution in [0, 0.1) is 0 Å². The summed E-state index contributed by atoms with van der Waals surface area (Å²) < 4.78 is 38.2. The predicted octanol–water partition coefficient (Wildman–Crippen LogP) is 4.57. The number of alkyl halides is 3. The number of halogens is 3. The third-order valence-corrected chi connectivity index (χ3v) is 5.08. The van der Waals surface area contributed by atoms with Crippen molar-refractivity contribution in [1.82, 2.24) is 4.90 Å². The molecule has 1 aliphatic carbocycles. The van der Waals surface area contributed by atoms with Crippen LogP contribution in [0.25, 0.3) is 0 Å². The van der Waals surface area contributed by atoms with E-state index in [0.717, 1.165) is 37.0 Å². The molecule has 1 aromatic rings. The van der Waals surface area contributed by atoms with Crippen LogP contribution in [0.2, 0.25) is 0 Å². The Labute approximate surface area is 150 Å². The molecule has 1 aliphatic heterocycles. The molecule has 1 aromatic carbocycles. The Kier molecular flexibility index (Phi) is 4.97. The standard InChI is InChI=1S/C20H22F3NO2/c1-2-3-12-19(26)17-7-5-4-6-16(17)18(25)24(19)13-14-8-10-15(11-9-14)20(21,22)23/h4,6,8-11,26H,2-3,5,7,12-13H2,1H3. The third kappa shape index (κ3) is 3.30. The quantitative estimate of drug-likeness (QED) is 0.830. The average Bonchev–Trinajstić information content (AvgIpc) is 2.82. The lowest BCUT2D eigenvalue weighted by Gasteiger charge is -2.36. The first kappa shape index (κ1) is 18.7. The molecule has 140 valence electrons. The molecule has 0 fully saturated rings. The van der Waals surface area contributed by atoms with Crippen molar-refractivity contribution in [2.24, 2.45) is 0 Å². The van der Waals surface area contributed by atoms with Crippen LogP contribution in [0.15, 0.2) is 47.6 Å². The summed E-state index contributed by atoms with van der Waals surface area (Å²) >= 11 is 0. The maximum atomic E-state index is 12.8. The fraction of sp³-hybridized carbons (Fsp3) is 0.450. The van der Waals surface area contributed by atoms with Gasteiger partial charge in [0.15, 0.2) is 5.72 Å². The lowest BCUT2D eigenvalue weighted by molar-refractivity contribution is -0.146. The minimum atomic E-state index is -4.39. The van der Waals surface area contributed by atoms with Gasteiger partial charge in [0.05, 0.1) is 5.56 Å². The van der Waals surface area contributed by atoms with E-state index in [2.05, 4.69) is 0 Å². The smallest absolute Gasteiger partial charge is 0.367 e. The van der Waals surface area contributed by atoms with Crippen molar-refractivity contribution in [2.45, 2.75) is 57.5 Å². The maximum absolute atomic E-state index is 12.8. The van der Waals surface area contributed by atoms with Gasteiger partial charge in [0, 0.05) is 12.1 Å². The monoisotopic (exact) mass is 365 g/mol. The van der Waals surface area contributed by atoms with Gasteiger partial charge in [0.1, 0.15) is 0 Å². The molecule has 1 amide bonds. The van der Waals surface area contributed by atoms with Crippen LogP contribution in [0.3, 0.4) is 0 Å². The molecule has 1 atom stereocenters. The zero-order chi connectivity index (χ0) is 18.9. The van der Waals surface area contributed by atoms with Gasteiger partial charge in [-0.3, -0.25) is 4.79 Å². The fourth-order valence-corrected chi connectivity index (χ4v) is 3.65. The highest BCUT2D eigenvalue weighted by atomic mass is 19.4. The van der Waals surface area contributed by atoms with Crippen LogP contribution < -0.4 is 0 Å². The minimum absolute atomic E-state index is 0.0814. The molecule has 0 saturated heterocycles. The Bertz CT molecular complexity index is 749. The lowest BCUT2D eigenvalue weighted by Crippen LogP contribution is -2.47. The molecular weight excluding hydrogens is 343 g/mol. The van der Waals surface area contributed by atoms with Gasteiger partial charge in [0.2, 0.25) is 0 Å². The van der Waals surface area contributed by atoms with E-state index in [-0.39, 0.29) is 12.5 Å². The van der Waals surface area contributed by atoms with Crippen molar-refractivity contribution in [3.8, 4) is 0 Å². The number of rotatable bonds is 5. The van der Waals surface area contributed by atoms with Crippen molar-refractivity contribution in [1.29, 1.82) is 0 Å². The number of amides is 1. The van der Waals surface area contributed by atoms with E-state index in [1.807, 2.05) is 13.0 Å². The Morgan fingerprint density at radius 1 is 1.23 bits per heavy atom. The molecule has 0 bridgehead atoms. The number of hydrogen-bond acceptors (Lipinski definition) is 2. The second-order valence-corrected chi connectivity index (χ2v) is 6.84. The molecule has 0 aromatic heterocycles. The van der Waals surface area contributed by atoms with Crippen molar-refractivity contribution in [3.05, 3.63) is 58.7 Å². The largest absolute Gasteiger partial charge is 0.416 e. The van der Waals surface area contributed by atoms with Gasteiger partial charge in [-0.05, 0) is 49.0 Å². The number of carbonyl (C=O) groups excluding carboxylic acids is 1. The number of benzene rings is 1. The SMILES string of the molecule is CCCCC1(O)C2=C(C=CCC2)C(=O)N1Cc1ccc(C(F)(F)F)cc1. The number of carbonyl (C=O) groups is 1. The fourth-order valence-electron chi connectivity index (χ4n) is 3.65. The highest BCUT2D eigenvalue weighted by Gasteiger charge is 2.49. The van der Waals surface area contributed by atoms with E-state index in [1.165, 1.54) is 17.0 Å². The first-order valence-electron chi connectivity index (χ1n) is 8.88. The molecule has 3 nitrogen and oxygen atoms in total. The number of nitrogens with zero attached hydrogens (tertiary/aromatic N) is 1. The van der Waals surface area contributed by atoms with Crippen molar-refractivity contribution < 1.29 is 23.1 Å². The molecule has 3 rings (SSSR count). The maximum Gasteiger partial charge on any atom is 0.416 e. The van der Waals surface area contributed by atoms with Crippen LogP contribution in [0.4, 0.5) is 13.2 Å². The number of allylic oxidation sites excluding steroid dienone is 1. The zero-order valence-corrected chi connectivity index (χ0v) is 14.6. The Morgan fingerprint density at radius 3 is 2.54 bits per heavy atom. The van der Waals surface area contributed by atoms with Crippen LogP contribution >= 0.6 is 0 Å². The van der Waals surface area contributed by atoms with Gasteiger partial charge in [-0.25, -0.2) is 0 Å². The van der Waals surface area contributed by atoms with Gasteiger partial charge in [-0.15, -0.1) is 0 Å². The summed E-state index contributed by atoms with van der Waals surface area (Å²) in [6.45, 7) is 2.09. The number of unbranched alkanes of at least 4 members (excludes halogenated alkanes) is 1. The van der Waals surface area contributed by atoms with Gasteiger partial charge in [0.25, 0.3) is 5.91 Å². The Balaban J connectivity index is 1.88. The van der Waals surface area contributed by atoms with Gasteiger partial charge in [-0.1, -0.05) is 37.6 Å². The van der Waals surface area contributed by atoms with E-state index in [4.69, 9.17) is 0 Å². The molecule has 1 heterocycles. The summed E-state index contributed by atoms with van der Waals surface area (Å²) in [5.74, 6) is -0.255. The zero-order valence-electron chi connectivity index (χ0n) is 14.6. The summed E-state index contributed by atoms with van der Waals surface area (Å²) in [6.07, 6.45) is 2.74. The summed E-state index contributed by atoms with van der Waals surface area (Å²) in [7, 11) is 0. The normalized spacial score (nSPS) is 23.0. The molecule has 0 radical (unpaired) electrons. The molecule has 26 heavy (non-hydrogen) atoms. The summed E-state index contributed by atoms with van der Waals surface area (Å²) in [5, 5.41) is 11.3. The second-order valence-electron chi connectivity index (χ2n) is 6.84. The van der Waals surface area contributed by atoms with E-state index in [0.29, 0.717) is 24.0 Å². The molecule has 1 unspecified atom stereocenters. The molecular formula is C20H22F3NO2. The molecule has 1 N–H and O–H groups in total. The minimum Gasteiger partial charge on any atom is -0.367 e. The van der Waals surface area contributed by atoms with Crippen LogP contribution in [0.5, 0.6) is 0 Å². The molecule has 0 saturated carbocycles. The number of hydrogen-bond donors (Lipinski definition) is 1. The first-order valence-corrected chi connectivity index (χ1v) is 8.88. The second kappa shape index (κ2) is 6.91. The Hall–Kier alpha value is -2.08. The lowest BCUT2D eigenvalue weighted by atomic mass is 9.89. The summed E-state index contributed by atoms with van der Waals surface area (Å²) in [5.41, 5.74) is -0.247. The van der Waals surface area contributed by atoms with E-state index < -0.39 is 17.5 Å². The van der Waals surface area contributed by atoms with Crippen molar-refractivity contribution in [2.75, 3.05) is 0 Å². The van der Waals surface area contributed by atoms with Crippen molar-refractivity contribution in [3.63, 3.8) is 0 Å². The highest BCUT2D eigenvalue weighted by molar-refractivity contribution is 6.01. The molecule has 6 heteroatoms. The summed E-state index contributed by atoms with van der Waals surface area (Å²) in [6, 6.07) is 4.75. The van der Waals surface area contributed by atoms with E-state index >= 15 is 0 Å². The third-order valence-electron chi connectivity index (χ3n) is 5.08. The Morgan fingerprint density at radius 2 is 1.92 bits per heavy atom. The molecule has 2 aliphatic rings. The topological polar surface area (TPSA) is 40.5 Å². The van der Waals surface area contributed by atoms with Gasteiger partial charge < -0.3 is 10.0 Å². The van der Waals surface area contributed by atoms with Crippen LogP contribution in [-0.2, 0) is 17.5 Å². The van der Waals surface area contributed by atoms with Crippen LogP contribution in [0.1, 0.15) is 50.2 Å². The predicted molar refractivity (Wildman–Crippen MR) is 91.9 cm³/mol.